The number of likely N-dealkylation sites (tertiary alicyclic amines) is 1. The van der Waals surface area contributed by atoms with Gasteiger partial charge < -0.3 is 9.32 Å². The predicted molar refractivity (Wildman–Crippen MR) is 74.5 cm³/mol. The van der Waals surface area contributed by atoms with Crippen LogP contribution in [0, 0.1) is 0 Å². The Morgan fingerprint density at radius 1 is 1.44 bits per heavy atom. The summed E-state index contributed by atoms with van der Waals surface area (Å²) < 4.78 is 5.26. The number of carbonyl (C=O) groups is 1. The summed E-state index contributed by atoms with van der Waals surface area (Å²) in [6.45, 7) is 4.31. The molecule has 2 heterocycles. The fraction of sp³-hybridized carbons (Fsp3) is 0.643. The fourth-order valence-electron chi connectivity index (χ4n) is 2.62. The summed E-state index contributed by atoms with van der Waals surface area (Å²) in [5, 5.41) is 0. The summed E-state index contributed by atoms with van der Waals surface area (Å²) in [7, 11) is 0. The van der Waals surface area contributed by atoms with Crippen molar-refractivity contribution in [3.05, 3.63) is 24.2 Å². The lowest BCUT2D eigenvalue weighted by atomic mass is 9.98. The Kier molecular flexibility index (Phi) is 4.75. The average Bonchev–Trinajstić information content (AvgIpc) is 2.82. The largest absolute Gasteiger partial charge is 0.468 e. The van der Waals surface area contributed by atoms with Crippen LogP contribution < -0.4 is 0 Å². The highest BCUT2D eigenvalue weighted by Crippen LogP contribution is 2.24. The van der Waals surface area contributed by atoms with E-state index in [0.717, 1.165) is 24.4 Å². The number of piperidine rings is 1. The molecule has 0 aliphatic carbocycles. The van der Waals surface area contributed by atoms with Gasteiger partial charge in [-0.05, 0) is 45.2 Å². The zero-order valence-corrected chi connectivity index (χ0v) is 11.9. The molecule has 1 amide bonds. The van der Waals surface area contributed by atoms with Gasteiger partial charge in [0.05, 0.1) is 17.8 Å². The Morgan fingerprint density at radius 2 is 2.17 bits per heavy atom. The Labute approximate surface area is 113 Å². The number of hydrogen-bond donors (Lipinski definition) is 0. The van der Waals surface area contributed by atoms with Crippen molar-refractivity contribution in [1.82, 2.24) is 4.90 Å². The van der Waals surface area contributed by atoms with Crippen LogP contribution in [-0.2, 0) is 10.5 Å². The Bertz CT molecular complexity index is 367. The zero-order chi connectivity index (χ0) is 13.0. The van der Waals surface area contributed by atoms with E-state index in [4.69, 9.17) is 4.42 Å². The lowest BCUT2D eigenvalue weighted by molar-refractivity contribution is -0.134. The minimum absolute atomic E-state index is 0.270. The maximum atomic E-state index is 12.2. The molecule has 1 aliphatic rings. The van der Waals surface area contributed by atoms with Gasteiger partial charge in [-0.3, -0.25) is 4.79 Å². The molecule has 1 aromatic rings. The summed E-state index contributed by atoms with van der Waals surface area (Å²) in [5.74, 6) is 2.53. The smallest absolute Gasteiger partial charge is 0.233 e. The molecule has 0 spiro atoms. The van der Waals surface area contributed by atoms with E-state index in [1.807, 2.05) is 12.1 Å². The predicted octanol–water partition coefficient (Wildman–Crippen LogP) is 3.30. The quantitative estimate of drug-likeness (QED) is 0.839. The third-order valence-electron chi connectivity index (χ3n) is 3.53. The van der Waals surface area contributed by atoms with Crippen molar-refractivity contribution in [2.75, 3.05) is 5.75 Å². The van der Waals surface area contributed by atoms with Crippen LogP contribution in [0.2, 0.25) is 0 Å². The van der Waals surface area contributed by atoms with E-state index in [-0.39, 0.29) is 5.91 Å². The van der Waals surface area contributed by atoms with Gasteiger partial charge in [0.25, 0.3) is 0 Å². The van der Waals surface area contributed by atoms with E-state index in [1.165, 1.54) is 6.42 Å². The molecule has 1 aromatic heterocycles. The molecule has 1 fully saturated rings. The van der Waals surface area contributed by atoms with Crippen LogP contribution in [-0.4, -0.2) is 28.6 Å². The van der Waals surface area contributed by atoms with Crippen LogP contribution in [0.4, 0.5) is 0 Å². The molecular formula is C14H21NO2S. The summed E-state index contributed by atoms with van der Waals surface area (Å²) in [6, 6.07) is 4.62. The van der Waals surface area contributed by atoms with E-state index in [0.29, 0.717) is 17.8 Å². The maximum Gasteiger partial charge on any atom is 0.233 e. The van der Waals surface area contributed by atoms with Crippen molar-refractivity contribution < 1.29 is 9.21 Å². The summed E-state index contributed by atoms with van der Waals surface area (Å²) in [4.78, 5) is 14.3. The van der Waals surface area contributed by atoms with Gasteiger partial charge in [-0.1, -0.05) is 0 Å². The van der Waals surface area contributed by atoms with Crippen LogP contribution in [0.25, 0.3) is 0 Å². The van der Waals surface area contributed by atoms with E-state index >= 15 is 0 Å². The standard InChI is InChI=1S/C14H21NO2S/c1-11-5-3-6-12(2)15(11)14(16)10-18-9-13-7-4-8-17-13/h4,7-8,11-12H,3,5-6,9-10H2,1-2H3. The van der Waals surface area contributed by atoms with E-state index in [9.17, 15) is 4.79 Å². The molecule has 1 aliphatic heterocycles. The second kappa shape index (κ2) is 6.32. The number of furan rings is 1. The second-order valence-corrected chi connectivity index (χ2v) is 5.99. The highest BCUT2D eigenvalue weighted by Gasteiger charge is 2.28. The minimum Gasteiger partial charge on any atom is -0.468 e. The average molecular weight is 267 g/mol. The number of amides is 1. The molecule has 1 saturated heterocycles. The van der Waals surface area contributed by atoms with Crippen molar-refractivity contribution in [3.8, 4) is 0 Å². The van der Waals surface area contributed by atoms with Crippen molar-refractivity contribution in [2.24, 2.45) is 0 Å². The molecule has 3 nitrogen and oxygen atoms in total. The maximum absolute atomic E-state index is 12.2. The first-order valence-electron chi connectivity index (χ1n) is 6.59. The SMILES string of the molecule is CC1CCCC(C)N1C(=O)CSCc1ccco1. The molecule has 4 heteroatoms. The number of nitrogens with zero attached hydrogens (tertiary/aromatic N) is 1. The van der Waals surface area contributed by atoms with Gasteiger partial charge in [0.15, 0.2) is 0 Å². The molecule has 2 rings (SSSR count). The molecular weight excluding hydrogens is 246 g/mol. The monoisotopic (exact) mass is 267 g/mol. The van der Waals surface area contributed by atoms with Gasteiger partial charge in [0.2, 0.25) is 5.91 Å². The third-order valence-corrected chi connectivity index (χ3v) is 4.47. The molecule has 0 aromatic carbocycles. The van der Waals surface area contributed by atoms with Crippen molar-refractivity contribution in [1.29, 1.82) is 0 Å². The molecule has 100 valence electrons. The highest BCUT2D eigenvalue weighted by atomic mass is 32.2. The first-order chi connectivity index (χ1) is 8.68. The zero-order valence-electron chi connectivity index (χ0n) is 11.1. The first kappa shape index (κ1) is 13.5. The van der Waals surface area contributed by atoms with E-state index < -0.39 is 0 Å². The topological polar surface area (TPSA) is 33.5 Å². The minimum atomic E-state index is 0.270. The fourth-order valence-corrected chi connectivity index (χ4v) is 3.41. The van der Waals surface area contributed by atoms with Gasteiger partial charge in [-0.2, -0.15) is 0 Å². The van der Waals surface area contributed by atoms with Crippen LogP contribution in [0.1, 0.15) is 38.9 Å². The molecule has 0 radical (unpaired) electrons. The second-order valence-electron chi connectivity index (χ2n) is 5.00. The molecule has 18 heavy (non-hydrogen) atoms. The lowest BCUT2D eigenvalue weighted by Gasteiger charge is -2.39. The third kappa shape index (κ3) is 3.31. The van der Waals surface area contributed by atoms with Crippen LogP contribution in [0.15, 0.2) is 22.8 Å². The van der Waals surface area contributed by atoms with Gasteiger partial charge in [-0.25, -0.2) is 0 Å². The first-order valence-corrected chi connectivity index (χ1v) is 7.75. The Morgan fingerprint density at radius 3 is 2.78 bits per heavy atom. The summed E-state index contributed by atoms with van der Waals surface area (Å²) in [6.07, 6.45) is 5.19. The molecule has 2 atom stereocenters. The Balaban J connectivity index is 1.79. The number of hydrogen-bond acceptors (Lipinski definition) is 3. The van der Waals surface area contributed by atoms with Crippen molar-refractivity contribution >= 4 is 17.7 Å². The van der Waals surface area contributed by atoms with Gasteiger partial charge in [-0.15, -0.1) is 11.8 Å². The number of thioether (sulfide) groups is 1. The molecule has 0 N–H and O–H groups in total. The molecule has 0 saturated carbocycles. The molecule has 0 bridgehead atoms. The normalized spacial score (nSPS) is 24.2. The highest BCUT2D eigenvalue weighted by molar-refractivity contribution is 7.99. The van der Waals surface area contributed by atoms with Gasteiger partial charge >= 0.3 is 0 Å². The summed E-state index contributed by atoms with van der Waals surface area (Å²) >= 11 is 1.63. The van der Waals surface area contributed by atoms with Crippen LogP contribution in [0.5, 0.6) is 0 Å². The van der Waals surface area contributed by atoms with Crippen molar-refractivity contribution in [2.45, 2.75) is 50.9 Å². The lowest BCUT2D eigenvalue weighted by Crippen LogP contribution is -2.48. The van der Waals surface area contributed by atoms with Crippen LogP contribution >= 0.6 is 11.8 Å². The Hall–Kier alpha value is -0.900. The van der Waals surface area contributed by atoms with Crippen LogP contribution in [0.3, 0.4) is 0 Å². The van der Waals surface area contributed by atoms with Gasteiger partial charge in [0, 0.05) is 12.1 Å². The van der Waals surface area contributed by atoms with Crippen molar-refractivity contribution in [3.63, 3.8) is 0 Å². The molecule has 2 unspecified atom stereocenters. The number of carbonyl (C=O) groups excluding carboxylic acids is 1. The number of rotatable bonds is 4. The van der Waals surface area contributed by atoms with Gasteiger partial charge in [0.1, 0.15) is 5.76 Å². The van der Waals surface area contributed by atoms with E-state index in [2.05, 4.69) is 18.7 Å². The summed E-state index contributed by atoms with van der Waals surface area (Å²) in [5.41, 5.74) is 0. The van der Waals surface area contributed by atoms with E-state index in [1.54, 1.807) is 18.0 Å².